The largest absolute Gasteiger partial charge is 0.489 e. The van der Waals surface area contributed by atoms with Gasteiger partial charge in [0.2, 0.25) is 11.8 Å². The van der Waals surface area contributed by atoms with E-state index in [1.807, 2.05) is 55.5 Å². The highest BCUT2D eigenvalue weighted by molar-refractivity contribution is 8.00. The van der Waals surface area contributed by atoms with Gasteiger partial charge >= 0.3 is 11.0 Å². The van der Waals surface area contributed by atoms with Gasteiger partial charge in [0.25, 0.3) is 0 Å². The predicted molar refractivity (Wildman–Crippen MR) is 164 cm³/mol. The second-order valence-corrected chi connectivity index (χ2v) is 14.6. The zero-order chi connectivity index (χ0) is 31.2. The number of rotatable bonds is 5. The summed E-state index contributed by atoms with van der Waals surface area (Å²) in [6.45, 7) is 2.46. The summed E-state index contributed by atoms with van der Waals surface area (Å²) in [5.41, 5.74) is 2.30. The zero-order valence-electron chi connectivity index (χ0n) is 23.9. The fraction of sp³-hybridized carbons (Fsp3) is 0.324. The van der Waals surface area contributed by atoms with Gasteiger partial charge in [-0.2, -0.15) is 13.2 Å². The quantitative estimate of drug-likeness (QED) is 0.236. The summed E-state index contributed by atoms with van der Waals surface area (Å²) in [7, 11) is 0. The molecular weight excluding hydrogens is 622 g/mol. The molecule has 2 amide bonds. The Bertz CT molecular complexity index is 1880. The van der Waals surface area contributed by atoms with Gasteiger partial charge < -0.3 is 9.72 Å². The van der Waals surface area contributed by atoms with Crippen LogP contribution in [0.5, 0.6) is 5.75 Å². The number of benzene rings is 3. The Balaban J connectivity index is 1.11. The van der Waals surface area contributed by atoms with Crippen LogP contribution in [0.2, 0.25) is 0 Å². The Kier molecular flexibility index (Phi) is 6.58. The Hall–Kier alpha value is -3.83. The topological polar surface area (TPSA) is 79.5 Å². The summed E-state index contributed by atoms with van der Waals surface area (Å²) in [4.78, 5) is 45.0. The number of hydrogen-bond acceptors (Lipinski definition) is 6. The number of anilines is 1. The molecule has 11 heteroatoms. The minimum absolute atomic E-state index is 0.0160. The third kappa shape index (κ3) is 4.57. The zero-order valence-corrected chi connectivity index (χ0v) is 25.5. The number of H-pyrrole nitrogens is 1. The fourth-order valence-electron chi connectivity index (χ4n) is 8.09. The van der Waals surface area contributed by atoms with Gasteiger partial charge in [0.05, 0.1) is 28.1 Å². The van der Waals surface area contributed by atoms with Crippen LogP contribution in [0.4, 0.5) is 18.9 Å². The van der Waals surface area contributed by atoms with Gasteiger partial charge in [0.15, 0.2) is 0 Å². The number of aromatic nitrogens is 1. The van der Waals surface area contributed by atoms with Crippen molar-refractivity contribution in [1.29, 1.82) is 0 Å². The number of amides is 2. The van der Waals surface area contributed by atoms with E-state index in [1.165, 1.54) is 29.0 Å². The third-order valence-electron chi connectivity index (χ3n) is 9.92. The molecule has 6 nitrogen and oxygen atoms in total. The fourth-order valence-corrected chi connectivity index (χ4v) is 11.0. The number of carbonyl (C=O) groups excluding carboxylic acids is 2. The maximum Gasteiger partial charge on any atom is 0.416 e. The molecular formula is C34H27F3N2O4S2. The number of fused-ring (bicyclic) bond motifs is 9. The molecule has 3 fully saturated rings. The predicted octanol–water partition coefficient (Wildman–Crippen LogP) is 7.02. The maximum atomic E-state index is 13.9. The highest BCUT2D eigenvalue weighted by Gasteiger charge is 2.69. The molecule has 230 valence electrons. The van der Waals surface area contributed by atoms with Crippen molar-refractivity contribution in [3.05, 3.63) is 110 Å². The van der Waals surface area contributed by atoms with Crippen molar-refractivity contribution >= 4 is 40.6 Å². The van der Waals surface area contributed by atoms with E-state index in [4.69, 9.17) is 4.74 Å². The molecule has 4 aliphatic rings. The second-order valence-electron chi connectivity index (χ2n) is 12.4. The summed E-state index contributed by atoms with van der Waals surface area (Å²) in [5.74, 6) is -1.77. The van der Waals surface area contributed by atoms with Gasteiger partial charge in [-0.1, -0.05) is 59.4 Å². The lowest BCUT2D eigenvalue weighted by molar-refractivity contribution is -0.137. The molecule has 8 rings (SSSR count). The number of halogens is 3. The number of thioether (sulfide) groups is 1. The van der Waals surface area contributed by atoms with Crippen LogP contribution in [-0.4, -0.2) is 22.0 Å². The summed E-state index contributed by atoms with van der Waals surface area (Å²) in [6, 6.07) is 20.5. The van der Waals surface area contributed by atoms with Crippen LogP contribution in [0.3, 0.4) is 0 Å². The molecule has 2 bridgehead atoms. The lowest BCUT2D eigenvalue weighted by Crippen LogP contribution is -2.42. The lowest BCUT2D eigenvalue weighted by atomic mass is 9.68. The number of hydrogen-bond donors (Lipinski definition) is 1. The van der Waals surface area contributed by atoms with Gasteiger partial charge in [-0.05, 0) is 72.6 Å². The first kappa shape index (κ1) is 28.6. The first-order chi connectivity index (χ1) is 21.6. The number of imide groups is 1. The van der Waals surface area contributed by atoms with Gasteiger partial charge in [0.1, 0.15) is 12.4 Å². The number of ether oxygens (including phenoxy) is 1. The van der Waals surface area contributed by atoms with Crippen molar-refractivity contribution in [1.82, 2.24) is 4.98 Å². The van der Waals surface area contributed by atoms with Crippen molar-refractivity contribution in [2.24, 2.45) is 29.6 Å². The Labute approximate surface area is 264 Å². The smallest absolute Gasteiger partial charge is 0.416 e. The molecule has 0 unspecified atom stereocenters. The molecule has 3 heterocycles. The minimum Gasteiger partial charge on any atom is -0.489 e. The number of thiazole rings is 1. The van der Waals surface area contributed by atoms with Crippen molar-refractivity contribution in [2.75, 3.05) is 4.90 Å². The summed E-state index contributed by atoms with van der Waals surface area (Å²) >= 11 is 2.75. The summed E-state index contributed by atoms with van der Waals surface area (Å²) in [6.07, 6.45) is -3.90. The molecule has 7 atom stereocenters. The molecule has 4 aromatic rings. The average molecular weight is 649 g/mol. The standard InChI is InChI=1S/C34H27F3N2O4S2/c1-16-5-7-17(8-6-16)15-43-21-11-9-18(10-12-21)24-25-22-14-23(28(25)44-30-29(24)45-33(42)38-30)27-26(22)31(40)39(32(27)41)20-4-2-3-19(13-20)34(35,36)37/h2-13,22-28H,14-15H2,1H3,(H,38,42)/t22-,23-,24+,25+,26+,27+,28-/m1/s1. The van der Waals surface area contributed by atoms with Crippen LogP contribution in [0, 0.1) is 36.5 Å². The van der Waals surface area contributed by atoms with Gasteiger partial charge in [-0.3, -0.25) is 19.3 Å². The molecule has 1 aromatic heterocycles. The third-order valence-corrected chi connectivity index (χ3v) is 12.5. The van der Waals surface area contributed by atoms with Crippen molar-refractivity contribution in [3.63, 3.8) is 0 Å². The number of nitrogens with one attached hydrogen (secondary N) is 1. The molecule has 0 spiro atoms. The number of aromatic amines is 1. The highest BCUT2D eigenvalue weighted by atomic mass is 32.2. The number of carbonyl (C=O) groups is 2. The van der Waals surface area contributed by atoms with E-state index >= 15 is 0 Å². The van der Waals surface area contributed by atoms with Gasteiger partial charge in [-0.15, -0.1) is 11.8 Å². The van der Waals surface area contributed by atoms with E-state index < -0.39 is 35.4 Å². The first-order valence-corrected chi connectivity index (χ1v) is 16.5. The van der Waals surface area contributed by atoms with E-state index in [0.29, 0.717) is 18.8 Å². The first-order valence-electron chi connectivity index (χ1n) is 14.8. The number of alkyl halides is 3. The van der Waals surface area contributed by atoms with Crippen LogP contribution in [0.1, 0.15) is 39.5 Å². The van der Waals surface area contributed by atoms with E-state index in [-0.39, 0.29) is 39.5 Å². The van der Waals surface area contributed by atoms with Crippen molar-refractivity contribution in [2.45, 2.75) is 42.3 Å². The van der Waals surface area contributed by atoms with Crippen LogP contribution in [0.25, 0.3) is 0 Å². The van der Waals surface area contributed by atoms with Crippen LogP contribution in [-0.2, 0) is 22.4 Å². The van der Waals surface area contributed by atoms with E-state index in [0.717, 1.165) is 38.1 Å². The number of nitrogens with zero attached hydrogens (tertiary/aromatic N) is 1. The van der Waals surface area contributed by atoms with E-state index in [9.17, 15) is 27.6 Å². The SMILES string of the molecule is Cc1ccc(COc2ccc([C@@H]3c4sc(=O)[nH]c4S[C@@H]4[C@@H]5C[C@@H]([C@@H]6C(=O)N(c7cccc(C(F)(F)F)c7)C(=O)[C@@H]56)[C@@H]34)cc2)cc1. The molecule has 45 heavy (non-hydrogen) atoms. The monoisotopic (exact) mass is 648 g/mol. The lowest BCUT2D eigenvalue weighted by Gasteiger charge is -2.43. The molecule has 2 aliphatic heterocycles. The number of aryl methyl sites for hydroxylation is 1. The molecule has 1 saturated heterocycles. The van der Waals surface area contributed by atoms with E-state index in [2.05, 4.69) is 4.98 Å². The average Bonchev–Trinajstić information content (AvgIpc) is 3.75. The summed E-state index contributed by atoms with van der Waals surface area (Å²) in [5, 5.41) is 0.779. The van der Waals surface area contributed by atoms with E-state index in [1.54, 1.807) is 11.8 Å². The minimum atomic E-state index is -4.59. The summed E-state index contributed by atoms with van der Waals surface area (Å²) < 4.78 is 46.5. The Morgan fingerprint density at radius 3 is 2.36 bits per heavy atom. The maximum absolute atomic E-state index is 13.9. The Morgan fingerprint density at radius 1 is 0.933 bits per heavy atom. The molecule has 2 saturated carbocycles. The normalized spacial score (nSPS) is 28.3. The van der Waals surface area contributed by atoms with Gasteiger partial charge in [-0.25, -0.2) is 0 Å². The molecule has 0 radical (unpaired) electrons. The van der Waals surface area contributed by atoms with Crippen molar-refractivity contribution in [3.8, 4) is 5.75 Å². The highest BCUT2D eigenvalue weighted by Crippen LogP contribution is 2.68. The van der Waals surface area contributed by atoms with Crippen LogP contribution < -0.4 is 14.5 Å². The Morgan fingerprint density at radius 2 is 1.64 bits per heavy atom. The van der Waals surface area contributed by atoms with Crippen LogP contribution >= 0.6 is 23.1 Å². The second kappa shape index (κ2) is 10.3. The molecule has 1 N–H and O–H groups in total. The molecule has 3 aromatic carbocycles. The van der Waals surface area contributed by atoms with Gasteiger partial charge in [0, 0.05) is 16.0 Å². The molecule has 2 aliphatic carbocycles. The van der Waals surface area contributed by atoms with Crippen molar-refractivity contribution < 1.29 is 27.5 Å². The van der Waals surface area contributed by atoms with Crippen LogP contribution in [0.15, 0.2) is 82.6 Å².